The summed E-state index contributed by atoms with van der Waals surface area (Å²) in [6, 6.07) is 0. The summed E-state index contributed by atoms with van der Waals surface area (Å²) < 4.78 is 7.31. The van der Waals surface area contributed by atoms with Crippen LogP contribution in [0.25, 0.3) is 0 Å². The quantitative estimate of drug-likeness (QED) is 0.725. The van der Waals surface area contributed by atoms with Gasteiger partial charge >= 0.3 is 0 Å². The van der Waals surface area contributed by atoms with E-state index in [1.807, 2.05) is 17.8 Å². The van der Waals surface area contributed by atoms with Gasteiger partial charge in [0.15, 0.2) is 0 Å². The molecule has 1 aromatic heterocycles. The maximum atomic E-state index is 5.29. The average molecular weight is 211 g/mol. The molecule has 1 N–H and O–H groups in total. The highest BCUT2D eigenvalue weighted by atomic mass is 16.5. The first-order valence-corrected chi connectivity index (χ1v) is 5.46. The number of nitrogens with one attached hydrogen (secondary N) is 1. The van der Waals surface area contributed by atoms with E-state index in [4.69, 9.17) is 4.74 Å². The Kier molecular flexibility index (Phi) is 4.78. The van der Waals surface area contributed by atoms with E-state index in [2.05, 4.69) is 24.3 Å². The van der Waals surface area contributed by atoms with Crippen LogP contribution in [0, 0.1) is 6.92 Å². The fourth-order valence-electron chi connectivity index (χ4n) is 1.57. The number of likely N-dealkylation sites (N-methyl/N-ethyl adjacent to an activating group) is 1. The summed E-state index contributed by atoms with van der Waals surface area (Å²) in [7, 11) is 1.72. The zero-order chi connectivity index (χ0) is 11.3. The van der Waals surface area contributed by atoms with E-state index >= 15 is 0 Å². The molecule has 0 fully saturated rings. The third-order valence-electron chi connectivity index (χ3n) is 2.68. The Bertz CT molecular complexity index is 296. The number of ether oxygens (including phenoxy) is 1. The summed E-state index contributed by atoms with van der Waals surface area (Å²) in [6.45, 7) is 9.11. The van der Waals surface area contributed by atoms with Gasteiger partial charge in [0, 0.05) is 24.9 Å². The van der Waals surface area contributed by atoms with E-state index in [-0.39, 0.29) is 6.10 Å². The lowest BCUT2D eigenvalue weighted by Crippen LogP contribution is -2.20. The lowest BCUT2D eigenvalue weighted by Gasteiger charge is -2.09. The summed E-state index contributed by atoms with van der Waals surface area (Å²) >= 11 is 0. The predicted molar refractivity (Wildman–Crippen MR) is 60.9 cm³/mol. The summed E-state index contributed by atoms with van der Waals surface area (Å²) in [5, 5.41) is 7.64. The van der Waals surface area contributed by atoms with Gasteiger partial charge < -0.3 is 10.1 Å². The smallest absolute Gasteiger partial charge is 0.0826 e. The number of hydrogen-bond acceptors (Lipinski definition) is 3. The minimum Gasteiger partial charge on any atom is -0.377 e. The number of methoxy groups -OCH3 is 1. The maximum absolute atomic E-state index is 5.29. The lowest BCUT2D eigenvalue weighted by molar-refractivity contribution is 0.119. The average Bonchev–Trinajstić information content (AvgIpc) is 2.60. The molecule has 0 aliphatic heterocycles. The molecule has 1 rings (SSSR count). The highest BCUT2D eigenvalue weighted by molar-refractivity contribution is 5.18. The molecule has 0 aliphatic rings. The summed E-state index contributed by atoms with van der Waals surface area (Å²) in [6.07, 6.45) is 2.02. The van der Waals surface area contributed by atoms with E-state index < -0.39 is 0 Å². The van der Waals surface area contributed by atoms with Gasteiger partial charge in [-0.1, -0.05) is 6.92 Å². The van der Waals surface area contributed by atoms with Crippen molar-refractivity contribution in [1.29, 1.82) is 0 Å². The van der Waals surface area contributed by atoms with Crippen molar-refractivity contribution in [3.8, 4) is 0 Å². The van der Waals surface area contributed by atoms with Gasteiger partial charge in [0.1, 0.15) is 0 Å². The number of aromatic nitrogens is 2. The molecule has 0 amide bonds. The van der Waals surface area contributed by atoms with Gasteiger partial charge in [-0.3, -0.25) is 4.68 Å². The van der Waals surface area contributed by atoms with Crippen molar-refractivity contribution >= 4 is 0 Å². The van der Waals surface area contributed by atoms with Crippen molar-refractivity contribution in [1.82, 2.24) is 15.1 Å². The van der Waals surface area contributed by atoms with Crippen LogP contribution in [0.2, 0.25) is 0 Å². The molecule has 0 bridgehead atoms. The Labute approximate surface area is 91.6 Å². The van der Waals surface area contributed by atoms with Gasteiger partial charge in [-0.2, -0.15) is 5.10 Å². The van der Waals surface area contributed by atoms with Crippen LogP contribution in [-0.2, 0) is 11.3 Å². The van der Waals surface area contributed by atoms with Gasteiger partial charge in [0.25, 0.3) is 0 Å². The van der Waals surface area contributed by atoms with Crippen LogP contribution < -0.4 is 5.32 Å². The van der Waals surface area contributed by atoms with Gasteiger partial charge in [-0.05, 0) is 20.4 Å². The van der Waals surface area contributed by atoms with Crippen LogP contribution in [0.3, 0.4) is 0 Å². The van der Waals surface area contributed by atoms with Crippen molar-refractivity contribution in [2.75, 3.05) is 20.2 Å². The van der Waals surface area contributed by atoms with Crippen LogP contribution in [0.15, 0.2) is 6.20 Å². The molecule has 0 spiro atoms. The SMILES string of the molecule is CCNCCn1ncc([C@H](C)OC)c1C. The second-order valence-corrected chi connectivity index (χ2v) is 3.64. The monoisotopic (exact) mass is 211 g/mol. The Morgan fingerprint density at radius 2 is 2.33 bits per heavy atom. The largest absolute Gasteiger partial charge is 0.377 e. The highest BCUT2D eigenvalue weighted by Crippen LogP contribution is 2.18. The first-order chi connectivity index (χ1) is 7.20. The van der Waals surface area contributed by atoms with E-state index in [0.717, 1.165) is 19.6 Å². The molecule has 0 radical (unpaired) electrons. The van der Waals surface area contributed by atoms with Crippen LogP contribution in [-0.4, -0.2) is 30.0 Å². The van der Waals surface area contributed by atoms with Gasteiger partial charge in [-0.25, -0.2) is 0 Å². The molecule has 0 aromatic carbocycles. The molecule has 1 heterocycles. The molecule has 1 aromatic rings. The molecule has 0 unspecified atom stereocenters. The fourth-order valence-corrected chi connectivity index (χ4v) is 1.57. The normalized spacial score (nSPS) is 13.1. The Hall–Kier alpha value is -0.870. The van der Waals surface area contributed by atoms with Crippen molar-refractivity contribution in [2.24, 2.45) is 0 Å². The minimum absolute atomic E-state index is 0.123. The molecule has 1 atom stereocenters. The second kappa shape index (κ2) is 5.88. The molecule has 0 saturated heterocycles. The van der Waals surface area contributed by atoms with E-state index in [1.165, 1.54) is 11.3 Å². The number of rotatable bonds is 6. The summed E-state index contributed by atoms with van der Waals surface area (Å²) in [4.78, 5) is 0. The molecule has 4 nitrogen and oxygen atoms in total. The molecule has 4 heteroatoms. The zero-order valence-electron chi connectivity index (χ0n) is 10.1. The minimum atomic E-state index is 0.123. The van der Waals surface area contributed by atoms with Crippen LogP contribution in [0.5, 0.6) is 0 Å². The molecule has 86 valence electrons. The van der Waals surface area contributed by atoms with Crippen molar-refractivity contribution < 1.29 is 4.74 Å². The van der Waals surface area contributed by atoms with Crippen molar-refractivity contribution in [2.45, 2.75) is 33.4 Å². The standard InChI is InChI=1S/C11H21N3O/c1-5-12-6-7-14-9(2)11(8-13-14)10(3)15-4/h8,10,12H,5-7H2,1-4H3/t10-/m0/s1. The molecule has 15 heavy (non-hydrogen) atoms. The van der Waals surface area contributed by atoms with Crippen LogP contribution >= 0.6 is 0 Å². The van der Waals surface area contributed by atoms with E-state index in [0.29, 0.717) is 0 Å². The second-order valence-electron chi connectivity index (χ2n) is 3.64. The maximum Gasteiger partial charge on any atom is 0.0826 e. The number of hydrogen-bond donors (Lipinski definition) is 1. The summed E-state index contributed by atoms with van der Waals surface area (Å²) in [5.41, 5.74) is 2.37. The highest BCUT2D eigenvalue weighted by Gasteiger charge is 2.11. The predicted octanol–water partition coefficient (Wildman–Crippen LogP) is 1.51. The first kappa shape index (κ1) is 12.2. The third kappa shape index (κ3) is 3.04. The fraction of sp³-hybridized carbons (Fsp3) is 0.727. The Morgan fingerprint density at radius 3 is 2.93 bits per heavy atom. The topological polar surface area (TPSA) is 39.1 Å². The van der Waals surface area contributed by atoms with E-state index in [1.54, 1.807) is 7.11 Å². The van der Waals surface area contributed by atoms with Crippen LogP contribution in [0.1, 0.15) is 31.2 Å². The van der Waals surface area contributed by atoms with E-state index in [9.17, 15) is 0 Å². The van der Waals surface area contributed by atoms with Gasteiger partial charge in [-0.15, -0.1) is 0 Å². The molecule has 0 saturated carbocycles. The molecular formula is C11H21N3O. The van der Waals surface area contributed by atoms with Crippen molar-refractivity contribution in [3.05, 3.63) is 17.5 Å². The number of nitrogens with zero attached hydrogens (tertiary/aromatic N) is 2. The zero-order valence-corrected chi connectivity index (χ0v) is 10.1. The Morgan fingerprint density at radius 1 is 1.60 bits per heavy atom. The first-order valence-electron chi connectivity index (χ1n) is 5.46. The Balaban J connectivity index is 2.63. The van der Waals surface area contributed by atoms with Crippen molar-refractivity contribution in [3.63, 3.8) is 0 Å². The molecular weight excluding hydrogens is 190 g/mol. The lowest BCUT2D eigenvalue weighted by atomic mass is 10.2. The summed E-state index contributed by atoms with van der Waals surface area (Å²) in [5.74, 6) is 0. The molecule has 0 aliphatic carbocycles. The van der Waals surface area contributed by atoms with Gasteiger partial charge in [0.2, 0.25) is 0 Å². The van der Waals surface area contributed by atoms with Crippen LogP contribution in [0.4, 0.5) is 0 Å². The van der Waals surface area contributed by atoms with Gasteiger partial charge in [0.05, 0.1) is 18.8 Å². The third-order valence-corrected chi connectivity index (χ3v) is 2.68.